The number of fused-ring (bicyclic) bond motifs is 3. The third kappa shape index (κ3) is 4.28. The van der Waals surface area contributed by atoms with E-state index in [0.29, 0.717) is 12.8 Å². The van der Waals surface area contributed by atoms with Gasteiger partial charge in [-0.2, -0.15) is 0 Å². The van der Waals surface area contributed by atoms with Crippen molar-refractivity contribution in [1.29, 1.82) is 0 Å². The molecule has 2 aliphatic heterocycles. The Morgan fingerprint density at radius 1 is 1.16 bits per heavy atom. The van der Waals surface area contributed by atoms with E-state index in [-0.39, 0.29) is 18.8 Å². The number of esters is 1. The molecular weight excluding hydrogens is 512 g/mol. The predicted molar refractivity (Wildman–Crippen MR) is 145 cm³/mol. The maximum Gasteiger partial charge on any atom is 0.323 e. The molecule has 38 heavy (non-hydrogen) atoms. The topological polar surface area (TPSA) is 120 Å². The number of ether oxygens (including phenoxy) is 2. The molecule has 10 heteroatoms. The molecule has 0 bridgehead atoms. The highest BCUT2D eigenvalue weighted by Gasteiger charge is 2.81. The molecule has 3 N–H and O–H groups in total. The summed E-state index contributed by atoms with van der Waals surface area (Å²) in [5.41, 5.74) is -7.21. The predicted octanol–water partition coefficient (Wildman–Crippen LogP) is 1.56. The molecule has 2 saturated heterocycles. The molecule has 4 aliphatic rings. The summed E-state index contributed by atoms with van der Waals surface area (Å²) in [6, 6.07) is -0.537. The van der Waals surface area contributed by atoms with Gasteiger partial charge in [-0.15, -0.1) is 19.0 Å². The normalized spacial score (nSPS) is 46.2. The van der Waals surface area contributed by atoms with Crippen LogP contribution in [-0.2, 0) is 19.1 Å². The van der Waals surface area contributed by atoms with Crippen LogP contribution in [0.1, 0.15) is 60.8 Å². The fraction of sp³-hybridized carbons (Fsp3) is 0.857. The zero-order valence-electron chi connectivity index (χ0n) is 23.9. The van der Waals surface area contributed by atoms with Crippen molar-refractivity contribution >= 4 is 24.2 Å². The van der Waals surface area contributed by atoms with Crippen LogP contribution in [0, 0.1) is 16.7 Å². The second-order valence-electron chi connectivity index (χ2n) is 13.2. The molecule has 4 rings (SSSR count). The molecule has 0 aromatic carbocycles. The summed E-state index contributed by atoms with van der Waals surface area (Å²) >= 11 is 0. The molecule has 2 heterocycles. The lowest BCUT2D eigenvalue weighted by Gasteiger charge is -2.71. The van der Waals surface area contributed by atoms with Gasteiger partial charge in [0.2, 0.25) is 0 Å². The molecule has 0 amide bonds. The number of carbonyl (C=O) groups excluding carboxylic acids is 2. The Morgan fingerprint density at radius 2 is 1.74 bits per heavy atom. The van der Waals surface area contributed by atoms with E-state index in [1.165, 1.54) is 13.0 Å². The zero-order valence-corrected chi connectivity index (χ0v) is 24.7. The first-order valence-electron chi connectivity index (χ1n) is 13.6. The Hall–Kier alpha value is -1.07. The number of ketones is 1. The Bertz CT molecular complexity index is 955. The van der Waals surface area contributed by atoms with Crippen molar-refractivity contribution in [2.75, 3.05) is 33.2 Å². The summed E-state index contributed by atoms with van der Waals surface area (Å²) in [5, 5.41) is 35.8. The van der Waals surface area contributed by atoms with Gasteiger partial charge in [-0.05, 0) is 46.1 Å². The van der Waals surface area contributed by atoms with Gasteiger partial charge in [0.1, 0.15) is 23.9 Å². The van der Waals surface area contributed by atoms with Gasteiger partial charge in [-0.25, -0.2) is 0 Å². The Balaban J connectivity index is 0.00000400. The quantitative estimate of drug-likeness (QED) is 0.349. The summed E-state index contributed by atoms with van der Waals surface area (Å²) in [6.45, 7) is 17.6. The fourth-order valence-corrected chi connectivity index (χ4v) is 8.00. The molecule has 0 aromatic heterocycles. The summed E-state index contributed by atoms with van der Waals surface area (Å²) in [4.78, 5) is 31.7. The molecule has 5 unspecified atom stereocenters. The van der Waals surface area contributed by atoms with Crippen LogP contribution in [0.3, 0.4) is 0 Å². The van der Waals surface area contributed by atoms with Crippen LogP contribution < -0.4 is 0 Å². The highest BCUT2D eigenvalue weighted by Crippen LogP contribution is 2.67. The van der Waals surface area contributed by atoms with E-state index in [1.807, 2.05) is 20.9 Å². The van der Waals surface area contributed by atoms with Crippen molar-refractivity contribution in [1.82, 2.24) is 9.80 Å². The van der Waals surface area contributed by atoms with Gasteiger partial charge in [-0.3, -0.25) is 14.5 Å². The van der Waals surface area contributed by atoms with E-state index < -0.39 is 69.7 Å². The first-order valence-corrected chi connectivity index (χ1v) is 13.6. The molecule has 4 fully saturated rings. The maximum absolute atomic E-state index is 13.8. The van der Waals surface area contributed by atoms with Crippen LogP contribution in [0.25, 0.3) is 0 Å². The Labute approximate surface area is 232 Å². The third-order valence-electron chi connectivity index (χ3n) is 10.4. The molecule has 2 aliphatic carbocycles. The van der Waals surface area contributed by atoms with Crippen LogP contribution in [0.4, 0.5) is 0 Å². The van der Waals surface area contributed by atoms with Gasteiger partial charge in [0.25, 0.3) is 0 Å². The number of nitrogens with zero attached hydrogens (tertiary/aromatic N) is 2. The summed E-state index contributed by atoms with van der Waals surface area (Å²) in [5.74, 6) is -1.70. The highest BCUT2D eigenvalue weighted by molar-refractivity contribution is 5.92. The zero-order chi connectivity index (χ0) is 27.8. The number of Topliss-reactive ketones (excluding diaryl/α,β-unsaturated/α-hetero) is 1. The second-order valence-corrected chi connectivity index (χ2v) is 13.2. The summed E-state index contributed by atoms with van der Waals surface area (Å²) in [6.07, 6.45) is -1.41. The summed E-state index contributed by atoms with van der Waals surface area (Å²) < 4.78 is 12.6. The average molecular weight is 559 g/mol. The van der Waals surface area contributed by atoms with Gasteiger partial charge < -0.3 is 29.7 Å². The van der Waals surface area contributed by atoms with E-state index >= 15 is 0 Å². The van der Waals surface area contributed by atoms with Crippen molar-refractivity contribution in [2.24, 2.45) is 16.7 Å². The highest BCUT2D eigenvalue weighted by atomic mass is 35.5. The first kappa shape index (κ1) is 31.5. The van der Waals surface area contributed by atoms with Gasteiger partial charge in [0.15, 0.2) is 11.4 Å². The van der Waals surface area contributed by atoms with E-state index in [0.717, 1.165) is 26.2 Å². The fourth-order valence-electron chi connectivity index (χ4n) is 8.00. The van der Waals surface area contributed by atoms with E-state index in [1.54, 1.807) is 20.8 Å². The van der Waals surface area contributed by atoms with E-state index in [2.05, 4.69) is 16.4 Å². The number of carbonyl (C=O) groups is 2. The van der Waals surface area contributed by atoms with Crippen LogP contribution in [0.15, 0.2) is 12.7 Å². The molecule has 9 atom stereocenters. The average Bonchev–Trinajstić information content (AvgIpc) is 2.83. The number of halogens is 1. The van der Waals surface area contributed by atoms with Gasteiger partial charge in [0, 0.05) is 43.9 Å². The maximum atomic E-state index is 13.8. The van der Waals surface area contributed by atoms with Crippen LogP contribution >= 0.6 is 12.4 Å². The van der Waals surface area contributed by atoms with Crippen LogP contribution in [0.2, 0.25) is 0 Å². The lowest BCUT2D eigenvalue weighted by atomic mass is 9.40. The van der Waals surface area contributed by atoms with Crippen molar-refractivity contribution in [2.45, 2.75) is 102 Å². The lowest BCUT2D eigenvalue weighted by Crippen LogP contribution is -2.86. The number of rotatable bonds is 4. The smallest absolute Gasteiger partial charge is 0.323 e. The van der Waals surface area contributed by atoms with Crippen molar-refractivity contribution < 1.29 is 34.4 Å². The Kier molecular flexibility index (Phi) is 8.35. The molecule has 9 nitrogen and oxygen atoms in total. The van der Waals surface area contributed by atoms with E-state index in [4.69, 9.17) is 9.47 Å². The molecular formula is C28H47ClN2O7. The van der Waals surface area contributed by atoms with Gasteiger partial charge >= 0.3 is 5.97 Å². The number of hydrogen-bond donors (Lipinski definition) is 3. The minimum absolute atomic E-state index is 0. The van der Waals surface area contributed by atoms with Gasteiger partial charge in [0.05, 0.1) is 11.7 Å². The van der Waals surface area contributed by atoms with Crippen LogP contribution in [0.5, 0.6) is 0 Å². The molecule has 0 aromatic rings. The number of aliphatic hydroxyl groups is 3. The largest absolute Gasteiger partial charge is 0.458 e. The summed E-state index contributed by atoms with van der Waals surface area (Å²) in [7, 11) is 2.04. The molecule has 0 spiro atoms. The molecule has 0 radical (unpaired) electrons. The molecule has 2 saturated carbocycles. The molecule has 218 valence electrons. The lowest BCUT2D eigenvalue weighted by molar-refractivity contribution is -0.370. The Morgan fingerprint density at radius 3 is 2.29 bits per heavy atom. The van der Waals surface area contributed by atoms with Gasteiger partial charge in [-0.1, -0.05) is 26.8 Å². The first-order chi connectivity index (χ1) is 17.0. The monoisotopic (exact) mass is 558 g/mol. The minimum atomic E-state index is -2.21. The van der Waals surface area contributed by atoms with Crippen molar-refractivity contribution in [3.63, 3.8) is 0 Å². The standard InChI is InChI=1S/C28H46N2O7.ClH/c1-9-25(5)16-19(32)28(35)26(6)18(31)10-11-24(3,4)21(26)20(22(33)27(28,7)37-25)36-23(34)17(2)30-14-12-29(8)13-15-30;/h9,17-18,20-22,31,33,35H,1,10-16H2,2-8H3;1H/t17?,18-,20?,21?,22?,25-,26?,27+,28-;/m0./s1. The number of aliphatic hydroxyl groups excluding tert-OH is 2. The number of piperazine rings is 1. The van der Waals surface area contributed by atoms with Crippen molar-refractivity contribution in [3.8, 4) is 0 Å². The van der Waals surface area contributed by atoms with Crippen molar-refractivity contribution in [3.05, 3.63) is 12.7 Å². The second kappa shape index (κ2) is 10.1. The SMILES string of the molecule is C=C[C@@]1(C)CC(=O)[C@]2(O)C3(C)C(C(OC(=O)C(C)N4CCN(C)CC4)C(O)[C@@]2(C)O1)C(C)(C)CC[C@@H]3O.Cl. The number of likely N-dealkylation sites (N-methyl/N-ethyl adjacent to an activating group) is 1. The number of hydrogen-bond acceptors (Lipinski definition) is 9. The van der Waals surface area contributed by atoms with E-state index in [9.17, 15) is 24.9 Å². The van der Waals surface area contributed by atoms with Crippen LogP contribution in [-0.4, -0.2) is 111 Å². The third-order valence-corrected chi connectivity index (χ3v) is 10.4. The minimum Gasteiger partial charge on any atom is -0.458 e.